The number of nitrogens with zero attached hydrogens (tertiary/aromatic N) is 3. The van der Waals surface area contributed by atoms with E-state index in [1.807, 2.05) is 19.1 Å². The highest BCUT2D eigenvalue weighted by atomic mass is 35.5. The van der Waals surface area contributed by atoms with Gasteiger partial charge in [0.2, 0.25) is 0 Å². The van der Waals surface area contributed by atoms with Crippen molar-refractivity contribution in [3.05, 3.63) is 51.6 Å². The van der Waals surface area contributed by atoms with E-state index < -0.39 is 5.82 Å². The molecule has 166 valence electrons. The maximum absolute atomic E-state index is 15.1. The molecule has 9 heteroatoms. The number of anilines is 2. The smallest absolute Gasteiger partial charge is 0.169 e. The second-order valence-electron chi connectivity index (χ2n) is 7.80. The lowest BCUT2D eigenvalue weighted by atomic mass is 10.00. The number of ether oxygens (including phenoxy) is 2. The van der Waals surface area contributed by atoms with Gasteiger partial charge >= 0.3 is 0 Å². The summed E-state index contributed by atoms with van der Waals surface area (Å²) < 4.78 is 27.2. The first kappa shape index (κ1) is 21.2. The largest absolute Gasteiger partial charge is 0.493 e. The number of halogens is 3. The van der Waals surface area contributed by atoms with Crippen LogP contribution in [0.2, 0.25) is 10.0 Å². The van der Waals surface area contributed by atoms with E-state index in [0.29, 0.717) is 22.8 Å². The Morgan fingerprint density at radius 3 is 2.72 bits per heavy atom. The lowest BCUT2D eigenvalue weighted by Gasteiger charge is -2.32. The number of nitrogens with one attached hydrogen (secondary N) is 1. The van der Waals surface area contributed by atoms with Crippen LogP contribution in [0, 0.1) is 5.82 Å². The molecule has 0 radical (unpaired) electrons. The molecule has 32 heavy (non-hydrogen) atoms. The highest BCUT2D eigenvalue weighted by Crippen LogP contribution is 2.48. The summed E-state index contributed by atoms with van der Waals surface area (Å²) in [6.07, 6.45) is 5.28. The van der Waals surface area contributed by atoms with Gasteiger partial charge in [-0.15, -0.1) is 0 Å². The Balaban J connectivity index is 1.71. The lowest BCUT2D eigenvalue weighted by Crippen LogP contribution is -2.34. The van der Waals surface area contributed by atoms with Crippen molar-refractivity contribution in [2.45, 2.75) is 25.9 Å². The van der Waals surface area contributed by atoms with Crippen LogP contribution >= 0.6 is 23.2 Å². The van der Waals surface area contributed by atoms with Crippen molar-refractivity contribution in [1.82, 2.24) is 15.3 Å². The molecule has 0 bridgehead atoms. The molecule has 2 aromatic carbocycles. The number of rotatable bonds is 4. The van der Waals surface area contributed by atoms with E-state index in [9.17, 15) is 0 Å². The Hall–Kier alpha value is -2.61. The van der Waals surface area contributed by atoms with E-state index in [1.165, 1.54) is 6.33 Å². The average molecular weight is 475 g/mol. The molecular formula is C23H21Cl2FN4O2. The molecule has 3 heterocycles. The molecule has 6 nitrogen and oxygen atoms in total. The Morgan fingerprint density at radius 1 is 1.19 bits per heavy atom. The second-order valence-corrected chi connectivity index (χ2v) is 8.58. The zero-order valence-corrected chi connectivity index (χ0v) is 19.1. The Kier molecular flexibility index (Phi) is 5.57. The predicted molar refractivity (Wildman–Crippen MR) is 125 cm³/mol. The quantitative estimate of drug-likeness (QED) is 0.487. The van der Waals surface area contributed by atoms with Gasteiger partial charge in [-0.1, -0.05) is 23.2 Å². The molecule has 0 aliphatic carbocycles. The predicted octanol–water partition coefficient (Wildman–Crippen LogP) is 5.73. The highest BCUT2D eigenvalue weighted by molar-refractivity contribution is 6.42. The molecule has 5 rings (SSSR count). The van der Waals surface area contributed by atoms with Crippen molar-refractivity contribution in [1.29, 1.82) is 0 Å². The van der Waals surface area contributed by atoms with Crippen LogP contribution in [0.4, 0.5) is 15.9 Å². The van der Waals surface area contributed by atoms with Crippen LogP contribution in [0.25, 0.3) is 17.0 Å². The summed E-state index contributed by atoms with van der Waals surface area (Å²) in [5, 5.41) is 4.13. The van der Waals surface area contributed by atoms with Crippen LogP contribution in [0.15, 0.2) is 30.2 Å². The van der Waals surface area contributed by atoms with Crippen LogP contribution < -0.4 is 19.7 Å². The third kappa shape index (κ3) is 3.45. The van der Waals surface area contributed by atoms with Gasteiger partial charge in [-0.3, -0.25) is 4.90 Å². The van der Waals surface area contributed by atoms with Gasteiger partial charge in [-0.25, -0.2) is 14.4 Å². The molecule has 0 unspecified atom stereocenters. The molecule has 2 aliphatic heterocycles. The van der Waals surface area contributed by atoms with E-state index >= 15 is 4.39 Å². The minimum atomic E-state index is -0.609. The summed E-state index contributed by atoms with van der Waals surface area (Å²) in [5.41, 5.74) is 2.50. The SMILES string of the molecule is COc1cc2ncnc3c2c(c1OC1CCNCC1)C=C(C)N3c1ccc(Cl)c(Cl)c1F. The zero-order valence-electron chi connectivity index (χ0n) is 17.6. The number of benzene rings is 2. The molecule has 1 fully saturated rings. The normalized spacial score (nSPS) is 16.3. The van der Waals surface area contributed by atoms with Crippen molar-refractivity contribution < 1.29 is 13.9 Å². The van der Waals surface area contributed by atoms with Crippen molar-refractivity contribution in [2.75, 3.05) is 25.1 Å². The van der Waals surface area contributed by atoms with E-state index in [4.69, 9.17) is 32.7 Å². The molecule has 1 saturated heterocycles. The summed E-state index contributed by atoms with van der Waals surface area (Å²) in [6.45, 7) is 3.69. The Labute approximate surface area is 195 Å². The first-order chi connectivity index (χ1) is 15.5. The van der Waals surface area contributed by atoms with Crippen molar-refractivity contribution in [2.24, 2.45) is 0 Å². The number of hydrogen-bond acceptors (Lipinski definition) is 6. The van der Waals surface area contributed by atoms with Crippen LogP contribution in [0.1, 0.15) is 25.3 Å². The summed E-state index contributed by atoms with van der Waals surface area (Å²) >= 11 is 12.1. The third-order valence-electron chi connectivity index (χ3n) is 5.83. The minimum absolute atomic E-state index is 0.0752. The Bertz CT molecular complexity index is 1240. The van der Waals surface area contributed by atoms with Gasteiger partial charge in [0, 0.05) is 17.3 Å². The molecule has 0 amide bonds. The molecule has 0 spiro atoms. The topological polar surface area (TPSA) is 59.5 Å². The van der Waals surface area contributed by atoms with Crippen molar-refractivity contribution in [3.63, 3.8) is 0 Å². The average Bonchev–Trinajstić information content (AvgIpc) is 2.80. The van der Waals surface area contributed by atoms with Gasteiger partial charge < -0.3 is 14.8 Å². The van der Waals surface area contributed by atoms with Gasteiger partial charge in [0.05, 0.1) is 33.7 Å². The monoisotopic (exact) mass is 474 g/mol. The van der Waals surface area contributed by atoms with Crippen molar-refractivity contribution >= 4 is 51.7 Å². The van der Waals surface area contributed by atoms with Crippen LogP contribution in [0.5, 0.6) is 11.5 Å². The Morgan fingerprint density at radius 2 is 1.97 bits per heavy atom. The van der Waals surface area contributed by atoms with Crippen LogP contribution in [-0.2, 0) is 0 Å². The fourth-order valence-corrected chi connectivity index (χ4v) is 4.59. The van der Waals surface area contributed by atoms with Crippen molar-refractivity contribution in [3.8, 4) is 11.5 Å². The third-order valence-corrected chi connectivity index (χ3v) is 6.61. The van der Waals surface area contributed by atoms with Gasteiger partial charge in [-0.2, -0.15) is 0 Å². The standard InChI is InChI=1S/C23H21Cl2FN4O2/c1-12-9-14-19-16(10-18(31-2)22(14)32-13-5-7-27-8-6-13)28-11-29-23(19)30(12)17-4-3-15(24)20(25)21(17)26/h3-4,9-11,13,27H,5-8H2,1-2H3. The molecule has 1 N–H and O–H groups in total. The molecule has 3 aromatic rings. The number of hydrogen-bond donors (Lipinski definition) is 1. The fraction of sp³-hybridized carbons (Fsp3) is 0.304. The molecule has 0 atom stereocenters. The van der Waals surface area contributed by atoms with Gasteiger partial charge in [0.15, 0.2) is 17.3 Å². The van der Waals surface area contributed by atoms with E-state index in [2.05, 4.69) is 15.3 Å². The first-order valence-electron chi connectivity index (χ1n) is 10.3. The van der Waals surface area contributed by atoms with Gasteiger partial charge in [-0.05, 0) is 51.1 Å². The first-order valence-corrected chi connectivity index (χ1v) is 11.1. The van der Waals surface area contributed by atoms with Crippen LogP contribution in [0.3, 0.4) is 0 Å². The molecule has 0 saturated carbocycles. The number of piperidine rings is 1. The van der Waals surface area contributed by atoms with E-state index in [1.54, 1.807) is 24.1 Å². The summed E-state index contributed by atoms with van der Waals surface area (Å²) in [6, 6.07) is 5.00. The maximum Gasteiger partial charge on any atom is 0.169 e. The number of allylic oxidation sites excluding steroid dienone is 1. The molecule has 2 aliphatic rings. The maximum atomic E-state index is 15.1. The number of methoxy groups -OCH3 is 1. The molecular weight excluding hydrogens is 454 g/mol. The summed E-state index contributed by atoms with van der Waals surface area (Å²) in [5.74, 6) is 1.19. The summed E-state index contributed by atoms with van der Waals surface area (Å²) in [7, 11) is 1.61. The lowest BCUT2D eigenvalue weighted by molar-refractivity contribution is 0.156. The van der Waals surface area contributed by atoms with E-state index in [0.717, 1.165) is 42.6 Å². The summed E-state index contributed by atoms with van der Waals surface area (Å²) in [4.78, 5) is 10.7. The number of aromatic nitrogens is 2. The van der Waals surface area contributed by atoms with Gasteiger partial charge in [0.1, 0.15) is 18.2 Å². The van der Waals surface area contributed by atoms with Crippen LogP contribution in [-0.4, -0.2) is 36.3 Å². The zero-order chi connectivity index (χ0) is 22.4. The molecule has 1 aromatic heterocycles. The minimum Gasteiger partial charge on any atom is -0.493 e. The fourth-order valence-electron chi connectivity index (χ4n) is 4.29. The van der Waals surface area contributed by atoms with E-state index in [-0.39, 0.29) is 21.8 Å². The van der Waals surface area contributed by atoms with Gasteiger partial charge in [0.25, 0.3) is 0 Å². The highest BCUT2D eigenvalue weighted by Gasteiger charge is 2.30. The second kappa shape index (κ2) is 8.39.